The van der Waals surface area contributed by atoms with Crippen LogP contribution in [0.5, 0.6) is 5.75 Å². The average molecular weight is 285 g/mol. The van der Waals surface area contributed by atoms with E-state index >= 15 is 0 Å². The second-order valence-electron chi connectivity index (χ2n) is 3.96. The largest absolute Gasteiger partial charge is 0.433 e. The molecule has 0 spiro atoms. The Hall–Kier alpha value is -2.24. The van der Waals surface area contributed by atoms with Gasteiger partial charge in [-0.1, -0.05) is 18.2 Å². The molecule has 0 aliphatic rings. The molecule has 2 rings (SSSR count). The Morgan fingerprint density at radius 1 is 1.05 bits per heavy atom. The number of hydrogen-bond donors (Lipinski definition) is 1. The van der Waals surface area contributed by atoms with E-state index in [0.717, 1.165) is 12.1 Å². The zero-order valence-electron chi connectivity index (χ0n) is 10.2. The van der Waals surface area contributed by atoms with E-state index in [1.807, 2.05) is 0 Å². The molecule has 0 fully saturated rings. The van der Waals surface area contributed by atoms with Crippen molar-refractivity contribution in [3.05, 3.63) is 59.7 Å². The van der Waals surface area contributed by atoms with E-state index in [2.05, 4.69) is 10.1 Å². The van der Waals surface area contributed by atoms with Crippen LogP contribution in [0.2, 0.25) is 0 Å². The highest BCUT2D eigenvalue weighted by Crippen LogP contribution is 2.26. The van der Waals surface area contributed by atoms with Crippen molar-refractivity contribution >= 4 is 5.69 Å². The lowest BCUT2D eigenvalue weighted by Gasteiger charge is -2.12. The van der Waals surface area contributed by atoms with Crippen LogP contribution in [-0.4, -0.2) is 6.61 Å². The molecule has 2 nitrogen and oxygen atoms in total. The number of ether oxygens (including phenoxy) is 1. The van der Waals surface area contributed by atoms with Gasteiger partial charge in [0.15, 0.2) is 0 Å². The number of nitrogens with one attached hydrogen (secondary N) is 1. The maximum Gasteiger partial charge on any atom is 0.387 e. The van der Waals surface area contributed by atoms with E-state index in [9.17, 15) is 17.6 Å². The number of hydrogen-bond acceptors (Lipinski definition) is 2. The smallest absolute Gasteiger partial charge is 0.387 e. The predicted molar refractivity (Wildman–Crippen MR) is 66.8 cm³/mol. The van der Waals surface area contributed by atoms with Crippen LogP contribution in [-0.2, 0) is 6.54 Å². The van der Waals surface area contributed by atoms with Gasteiger partial charge in [-0.15, -0.1) is 0 Å². The summed E-state index contributed by atoms with van der Waals surface area (Å²) in [6.45, 7) is -2.92. The third-order valence-electron chi connectivity index (χ3n) is 2.59. The van der Waals surface area contributed by atoms with Crippen molar-refractivity contribution in [1.82, 2.24) is 0 Å². The van der Waals surface area contributed by atoms with Crippen LogP contribution in [0.1, 0.15) is 5.56 Å². The van der Waals surface area contributed by atoms with Gasteiger partial charge in [-0.25, -0.2) is 8.78 Å². The topological polar surface area (TPSA) is 21.3 Å². The van der Waals surface area contributed by atoms with Crippen LogP contribution >= 0.6 is 0 Å². The van der Waals surface area contributed by atoms with Crippen molar-refractivity contribution in [2.24, 2.45) is 0 Å². The van der Waals surface area contributed by atoms with Crippen molar-refractivity contribution in [2.75, 3.05) is 5.32 Å². The maximum absolute atomic E-state index is 13.4. The quantitative estimate of drug-likeness (QED) is 0.832. The number of alkyl halides is 2. The van der Waals surface area contributed by atoms with E-state index in [1.165, 1.54) is 18.2 Å². The number of benzene rings is 2. The molecule has 1 N–H and O–H groups in total. The Bertz CT molecular complexity index is 589. The summed E-state index contributed by atoms with van der Waals surface area (Å²) < 4.78 is 55.0. The molecule has 6 heteroatoms. The Morgan fingerprint density at radius 3 is 2.50 bits per heavy atom. The molecule has 0 atom stereocenters. The summed E-state index contributed by atoms with van der Waals surface area (Å²) in [5.74, 6) is -1.41. The second kappa shape index (κ2) is 6.27. The molecule has 2 aromatic carbocycles. The minimum absolute atomic E-state index is 0.0235. The SMILES string of the molecule is Fc1ccc(CNc2ccccc2OC(F)F)c(F)c1. The molecule has 0 heterocycles. The number of rotatable bonds is 5. The summed E-state index contributed by atoms with van der Waals surface area (Å²) in [5, 5.41) is 2.77. The van der Waals surface area contributed by atoms with Crippen molar-refractivity contribution < 1.29 is 22.3 Å². The molecular weight excluding hydrogens is 274 g/mol. The molecule has 20 heavy (non-hydrogen) atoms. The van der Waals surface area contributed by atoms with Crippen molar-refractivity contribution in [1.29, 1.82) is 0 Å². The van der Waals surface area contributed by atoms with Gasteiger partial charge in [0.1, 0.15) is 17.4 Å². The molecule has 0 aliphatic heterocycles. The molecular formula is C14H11F4NO. The molecule has 2 aromatic rings. The van der Waals surface area contributed by atoms with Crippen molar-refractivity contribution in [2.45, 2.75) is 13.2 Å². The first-order chi connectivity index (χ1) is 9.56. The van der Waals surface area contributed by atoms with Gasteiger partial charge in [0.2, 0.25) is 0 Å². The first-order valence-corrected chi connectivity index (χ1v) is 5.78. The van der Waals surface area contributed by atoms with E-state index in [-0.39, 0.29) is 17.9 Å². The van der Waals surface area contributed by atoms with Crippen molar-refractivity contribution in [3.8, 4) is 5.75 Å². The summed E-state index contributed by atoms with van der Waals surface area (Å²) in [7, 11) is 0. The molecule has 0 bridgehead atoms. The summed E-state index contributed by atoms with van der Waals surface area (Å²) in [5.41, 5.74) is 0.523. The fourth-order valence-corrected chi connectivity index (χ4v) is 1.67. The first-order valence-electron chi connectivity index (χ1n) is 5.78. The summed E-state index contributed by atoms with van der Waals surface area (Å²) >= 11 is 0. The minimum atomic E-state index is -2.94. The summed E-state index contributed by atoms with van der Waals surface area (Å²) in [6.07, 6.45) is 0. The van der Waals surface area contributed by atoms with E-state index < -0.39 is 18.2 Å². The van der Waals surface area contributed by atoms with Gasteiger partial charge in [-0.05, 0) is 18.2 Å². The van der Waals surface area contributed by atoms with Gasteiger partial charge < -0.3 is 10.1 Å². The lowest BCUT2D eigenvalue weighted by atomic mass is 10.2. The minimum Gasteiger partial charge on any atom is -0.433 e. The second-order valence-corrected chi connectivity index (χ2v) is 3.96. The highest BCUT2D eigenvalue weighted by molar-refractivity contribution is 5.56. The van der Waals surface area contributed by atoms with Gasteiger partial charge in [0.25, 0.3) is 0 Å². The lowest BCUT2D eigenvalue weighted by Crippen LogP contribution is -2.07. The standard InChI is InChI=1S/C14H11F4NO/c15-10-6-5-9(11(16)7-10)8-19-12-3-1-2-4-13(12)20-14(17)18/h1-7,14,19H,8H2. The average Bonchev–Trinajstić information content (AvgIpc) is 2.39. The van der Waals surface area contributed by atoms with Crippen LogP contribution in [0.25, 0.3) is 0 Å². The van der Waals surface area contributed by atoms with Crippen LogP contribution in [0.3, 0.4) is 0 Å². The molecule has 0 unspecified atom stereocenters. The third-order valence-corrected chi connectivity index (χ3v) is 2.59. The Morgan fingerprint density at radius 2 is 1.80 bits per heavy atom. The highest BCUT2D eigenvalue weighted by atomic mass is 19.3. The third kappa shape index (κ3) is 3.63. The van der Waals surface area contributed by atoms with E-state index in [1.54, 1.807) is 12.1 Å². The van der Waals surface area contributed by atoms with Gasteiger partial charge in [0, 0.05) is 18.2 Å². The Labute approximate surface area is 113 Å². The molecule has 0 amide bonds. The first kappa shape index (κ1) is 14.2. The molecule has 106 valence electrons. The van der Waals surface area contributed by atoms with Gasteiger partial charge in [0.05, 0.1) is 5.69 Å². The lowest BCUT2D eigenvalue weighted by molar-refractivity contribution is -0.0493. The Kier molecular flexibility index (Phi) is 4.45. The zero-order valence-corrected chi connectivity index (χ0v) is 10.2. The summed E-state index contributed by atoms with van der Waals surface area (Å²) in [4.78, 5) is 0. The molecule has 0 aliphatic carbocycles. The maximum atomic E-state index is 13.4. The highest BCUT2D eigenvalue weighted by Gasteiger charge is 2.10. The molecule has 0 saturated carbocycles. The number of anilines is 1. The predicted octanol–water partition coefficient (Wildman–Crippen LogP) is 4.18. The van der Waals surface area contributed by atoms with Crippen molar-refractivity contribution in [3.63, 3.8) is 0 Å². The monoisotopic (exact) mass is 285 g/mol. The number of halogens is 4. The normalized spacial score (nSPS) is 10.7. The van der Waals surface area contributed by atoms with Gasteiger partial charge in [-0.2, -0.15) is 8.78 Å². The van der Waals surface area contributed by atoms with Crippen LogP contribution < -0.4 is 10.1 Å². The zero-order chi connectivity index (χ0) is 14.5. The fourth-order valence-electron chi connectivity index (χ4n) is 1.67. The van der Waals surface area contributed by atoms with Gasteiger partial charge >= 0.3 is 6.61 Å². The molecule has 0 aromatic heterocycles. The van der Waals surface area contributed by atoms with Crippen LogP contribution in [0, 0.1) is 11.6 Å². The molecule has 0 saturated heterocycles. The van der Waals surface area contributed by atoms with Crippen LogP contribution in [0.4, 0.5) is 23.2 Å². The van der Waals surface area contributed by atoms with Crippen LogP contribution in [0.15, 0.2) is 42.5 Å². The summed E-state index contributed by atoms with van der Waals surface area (Å²) in [6, 6.07) is 9.24. The molecule has 0 radical (unpaired) electrons. The Balaban J connectivity index is 2.10. The van der Waals surface area contributed by atoms with E-state index in [4.69, 9.17) is 0 Å². The van der Waals surface area contributed by atoms with E-state index in [0.29, 0.717) is 5.69 Å². The van der Waals surface area contributed by atoms with Gasteiger partial charge in [-0.3, -0.25) is 0 Å². The number of para-hydroxylation sites is 2. The fraction of sp³-hybridized carbons (Fsp3) is 0.143.